The minimum atomic E-state index is -0.682. The zero-order valence-electron chi connectivity index (χ0n) is 15.7. The van der Waals surface area contributed by atoms with Crippen LogP contribution in [0.4, 0.5) is 5.69 Å². The van der Waals surface area contributed by atoms with E-state index in [4.69, 9.17) is 4.74 Å². The van der Waals surface area contributed by atoms with Gasteiger partial charge in [0.2, 0.25) is 0 Å². The molecule has 0 aromatic heterocycles. The minimum Gasteiger partial charge on any atom is -0.504 e. The lowest BCUT2D eigenvalue weighted by atomic mass is 9.94. The van der Waals surface area contributed by atoms with E-state index in [-0.39, 0.29) is 39.1 Å². The van der Waals surface area contributed by atoms with Crippen molar-refractivity contribution in [2.45, 2.75) is 6.92 Å². The average Bonchev–Trinajstić information content (AvgIpc) is 2.73. The lowest BCUT2D eigenvalue weighted by Crippen LogP contribution is -2.36. The van der Waals surface area contributed by atoms with Crippen LogP contribution in [-0.4, -0.2) is 39.7 Å². The van der Waals surface area contributed by atoms with Crippen molar-refractivity contribution in [3.05, 3.63) is 75.3 Å². The van der Waals surface area contributed by atoms with Crippen molar-refractivity contribution in [1.82, 2.24) is 5.01 Å². The summed E-state index contributed by atoms with van der Waals surface area (Å²) in [4.78, 5) is 36.5. The number of benzene rings is 3. The summed E-state index contributed by atoms with van der Waals surface area (Å²) in [6, 6.07) is 11.6. The van der Waals surface area contributed by atoms with Crippen LogP contribution in [0.2, 0.25) is 0 Å². The number of carbonyl (C=O) groups excluding carboxylic acids is 2. The molecule has 9 heteroatoms. The molecule has 0 fully saturated rings. The highest BCUT2D eigenvalue weighted by atomic mass is 16.6. The predicted octanol–water partition coefficient (Wildman–Crippen LogP) is 3.48. The molecule has 1 N–H and O–H groups in total. The minimum absolute atomic E-state index is 0.0404. The van der Waals surface area contributed by atoms with Crippen molar-refractivity contribution < 1.29 is 24.4 Å². The number of non-ortho nitro benzene ring substituents is 1. The number of rotatable bonds is 5. The lowest BCUT2D eigenvalue weighted by molar-refractivity contribution is -0.383. The Morgan fingerprint density at radius 2 is 1.87 bits per heavy atom. The molecule has 0 bridgehead atoms. The normalized spacial score (nSPS) is 13.3. The molecule has 9 nitrogen and oxygen atoms in total. The second-order valence-electron chi connectivity index (χ2n) is 6.44. The van der Waals surface area contributed by atoms with Crippen LogP contribution >= 0.6 is 0 Å². The Labute approximate surface area is 169 Å². The van der Waals surface area contributed by atoms with E-state index in [9.17, 15) is 24.8 Å². The van der Waals surface area contributed by atoms with Crippen molar-refractivity contribution in [2.75, 3.05) is 6.61 Å². The summed E-state index contributed by atoms with van der Waals surface area (Å²) < 4.78 is 5.31. The van der Waals surface area contributed by atoms with Gasteiger partial charge in [-0.1, -0.05) is 6.07 Å². The number of hydrogen-bond acceptors (Lipinski definition) is 7. The van der Waals surface area contributed by atoms with Gasteiger partial charge >= 0.3 is 0 Å². The number of carbonyl (C=O) groups is 2. The maximum Gasteiger partial charge on any atom is 0.282 e. The second-order valence-corrected chi connectivity index (χ2v) is 6.44. The van der Waals surface area contributed by atoms with Gasteiger partial charge in [-0.15, -0.1) is 0 Å². The summed E-state index contributed by atoms with van der Waals surface area (Å²) >= 11 is 0. The van der Waals surface area contributed by atoms with Crippen LogP contribution < -0.4 is 4.74 Å². The zero-order valence-corrected chi connectivity index (χ0v) is 15.7. The third-order valence-corrected chi connectivity index (χ3v) is 4.67. The molecular formula is C21H15N3O6. The lowest BCUT2D eigenvalue weighted by Gasteiger charge is -2.23. The fourth-order valence-electron chi connectivity index (χ4n) is 3.34. The number of hydrazone groups is 1. The van der Waals surface area contributed by atoms with Gasteiger partial charge < -0.3 is 9.84 Å². The Morgan fingerprint density at radius 3 is 2.57 bits per heavy atom. The first-order valence-corrected chi connectivity index (χ1v) is 9.01. The quantitative estimate of drug-likeness (QED) is 0.300. The molecule has 1 aliphatic rings. The molecule has 2 amide bonds. The van der Waals surface area contributed by atoms with Gasteiger partial charge in [0.05, 0.1) is 34.3 Å². The van der Waals surface area contributed by atoms with Gasteiger partial charge in [0.25, 0.3) is 17.5 Å². The molecule has 150 valence electrons. The van der Waals surface area contributed by atoms with E-state index in [1.807, 2.05) is 0 Å². The highest BCUT2D eigenvalue weighted by molar-refractivity contribution is 6.26. The van der Waals surface area contributed by atoms with E-state index >= 15 is 0 Å². The Balaban J connectivity index is 1.76. The Bertz CT molecular complexity index is 1230. The average molecular weight is 405 g/mol. The van der Waals surface area contributed by atoms with Gasteiger partial charge in [0.1, 0.15) is 0 Å². The molecule has 0 spiro atoms. The number of ether oxygens (including phenoxy) is 1. The van der Waals surface area contributed by atoms with Gasteiger partial charge in [0.15, 0.2) is 11.5 Å². The maximum atomic E-state index is 12.9. The Morgan fingerprint density at radius 1 is 1.13 bits per heavy atom. The zero-order chi connectivity index (χ0) is 21.4. The van der Waals surface area contributed by atoms with Crippen LogP contribution in [0.3, 0.4) is 0 Å². The Hall–Kier alpha value is -4.27. The van der Waals surface area contributed by atoms with Crippen molar-refractivity contribution in [2.24, 2.45) is 5.10 Å². The number of hydrogen-bond donors (Lipinski definition) is 1. The predicted molar refractivity (Wildman–Crippen MR) is 108 cm³/mol. The number of nitro benzene ring substituents is 1. The van der Waals surface area contributed by atoms with E-state index < -0.39 is 16.7 Å². The summed E-state index contributed by atoms with van der Waals surface area (Å²) in [6.45, 7) is 2.12. The van der Waals surface area contributed by atoms with Gasteiger partial charge in [-0.3, -0.25) is 19.7 Å². The van der Waals surface area contributed by atoms with Gasteiger partial charge in [-0.05, 0) is 48.9 Å². The van der Waals surface area contributed by atoms with E-state index in [0.717, 1.165) is 5.01 Å². The first-order chi connectivity index (χ1) is 14.4. The molecule has 0 aliphatic carbocycles. The molecule has 1 aliphatic heterocycles. The molecule has 0 atom stereocenters. The third-order valence-electron chi connectivity index (χ3n) is 4.67. The van der Waals surface area contributed by atoms with Crippen molar-refractivity contribution in [3.63, 3.8) is 0 Å². The molecule has 30 heavy (non-hydrogen) atoms. The van der Waals surface area contributed by atoms with Crippen LogP contribution in [0.15, 0.2) is 53.6 Å². The van der Waals surface area contributed by atoms with E-state index in [0.29, 0.717) is 12.2 Å². The Kier molecular flexibility index (Phi) is 4.63. The summed E-state index contributed by atoms with van der Waals surface area (Å²) in [5.41, 5.74) is 0.637. The highest BCUT2D eigenvalue weighted by Crippen LogP contribution is 2.35. The molecule has 3 aromatic carbocycles. The van der Waals surface area contributed by atoms with E-state index in [2.05, 4.69) is 5.10 Å². The molecule has 1 heterocycles. The number of aromatic hydroxyl groups is 1. The van der Waals surface area contributed by atoms with Crippen molar-refractivity contribution >= 4 is 34.5 Å². The monoisotopic (exact) mass is 405 g/mol. The highest BCUT2D eigenvalue weighted by Gasteiger charge is 2.34. The molecule has 4 rings (SSSR count). The van der Waals surface area contributed by atoms with Crippen molar-refractivity contribution in [1.29, 1.82) is 0 Å². The van der Waals surface area contributed by atoms with Crippen LogP contribution in [0.5, 0.6) is 11.5 Å². The summed E-state index contributed by atoms with van der Waals surface area (Å²) in [6.07, 6.45) is 1.30. The first kappa shape index (κ1) is 19.1. The van der Waals surface area contributed by atoms with Crippen LogP contribution in [0.1, 0.15) is 33.2 Å². The van der Waals surface area contributed by atoms with Crippen LogP contribution in [0.25, 0.3) is 10.8 Å². The summed E-state index contributed by atoms with van der Waals surface area (Å²) in [7, 11) is 0. The largest absolute Gasteiger partial charge is 0.504 e. The SMILES string of the molecule is CCOc1cc(/C=N/N2C(=O)c3cccc4c([N+](=O)[O-])ccc(c34)C2=O)ccc1O. The third kappa shape index (κ3) is 3.02. The van der Waals surface area contributed by atoms with E-state index in [1.165, 1.54) is 48.7 Å². The van der Waals surface area contributed by atoms with E-state index in [1.54, 1.807) is 13.0 Å². The summed E-state index contributed by atoms with van der Waals surface area (Å²) in [5, 5.41) is 26.3. The maximum absolute atomic E-state index is 12.9. The number of nitrogens with zero attached hydrogens (tertiary/aromatic N) is 3. The summed E-state index contributed by atoms with van der Waals surface area (Å²) in [5.74, 6) is -1.15. The molecule has 0 radical (unpaired) electrons. The number of phenolic OH excluding ortho intramolecular Hbond substituents is 1. The fourth-order valence-corrected chi connectivity index (χ4v) is 3.34. The number of phenols is 1. The smallest absolute Gasteiger partial charge is 0.282 e. The van der Waals surface area contributed by atoms with Gasteiger partial charge in [-0.25, -0.2) is 0 Å². The molecule has 3 aromatic rings. The van der Waals surface area contributed by atoms with Crippen LogP contribution in [-0.2, 0) is 0 Å². The molecular weight excluding hydrogens is 390 g/mol. The first-order valence-electron chi connectivity index (χ1n) is 9.01. The topological polar surface area (TPSA) is 122 Å². The molecule has 0 saturated heterocycles. The van der Waals surface area contributed by atoms with Gasteiger partial charge in [0, 0.05) is 11.5 Å². The number of nitro groups is 1. The van der Waals surface area contributed by atoms with Crippen LogP contribution in [0, 0.1) is 10.1 Å². The molecule has 0 unspecified atom stereocenters. The number of imide groups is 1. The van der Waals surface area contributed by atoms with Gasteiger partial charge in [-0.2, -0.15) is 10.1 Å². The fraction of sp³-hybridized carbons (Fsp3) is 0.0952. The number of amides is 2. The second kappa shape index (κ2) is 7.28. The molecule has 0 saturated carbocycles. The van der Waals surface area contributed by atoms with Crippen molar-refractivity contribution in [3.8, 4) is 11.5 Å². The standard InChI is InChI=1S/C21H15N3O6/c1-2-30-18-10-12(6-9-17(18)25)11-22-23-20(26)14-5-3-4-13-16(24(28)29)8-7-15(19(13)14)21(23)27/h3-11,25H,2H2,1H3/b22-11+.